The van der Waals surface area contributed by atoms with Crippen LogP contribution >= 0.6 is 0 Å². The first-order chi connectivity index (χ1) is 16.8. The first-order valence-electron chi connectivity index (χ1n) is 10.8. The van der Waals surface area contributed by atoms with Crippen molar-refractivity contribution in [3.05, 3.63) is 85.7 Å². The third-order valence-electron chi connectivity index (χ3n) is 5.47. The Morgan fingerprint density at radius 1 is 1.06 bits per heavy atom. The van der Waals surface area contributed by atoms with Gasteiger partial charge in [-0.3, -0.25) is 9.36 Å². The molecular formula is C25H25F3N2O6. The van der Waals surface area contributed by atoms with Crippen LogP contribution in [0.3, 0.4) is 0 Å². The van der Waals surface area contributed by atoms with Crippen molar-refractivity contribution in [2.24, 2.45) is 7.05 Å². The molecule has 2 aromatic carbocycles. The fourth-order valence-electron chi connectivity index (χ4n) is 3.54. The summed E-state index contributed by atoms with van der Waals surface area (Å²) in [5, 5.41) is 0. The number of ether oxygens (including phenoxy) is 3. The lowest BCUT2D eigenvalue weighted by Gasteiger charge is -2.17. The Bertz CT molecular complexity index is 1410. The van der Waals surface area contributed by atoms with Crippen molar-refractivity contribution in [2.45, 2.75) is 39.7 Å². The second-order valence-electron chi connectivity index (χ2n) is 8.17. The molecule has 0 fully saturated rings. The molecule has 0 bridgehead atoms. The van der Waals surface area contributed by atoms with E-state index in [1.807, 2.05) is 13.0 Å². The van der Waals surface area contributed by atoms with E-state index in [1.165, 1.54) is 19.2 Å². The van der Waals surface area contributed by atoms with Crippen LogP contribution in [-0.4, -0.2) is 28.3 Å². The third-order valence-corrected chi connectivity index (χ3v) is 5.47. The van der Waals surface area contributed by atoms with E-state index in [1.54, 1.807) is 32.0 Å². The zero-order valence-electron chi connectivity index (χ0n) is 20.3. The average Bonchev–Trinajstić information content (AvgIpc) is 2.80. The molecule has 3 aromatic rings. The normalized spacial score (nSPS) is 12.2. The number of alkyl halides is 3. The number of carbonyl (C=O) groups excluding carboxylic acids is 1. The van der Waals surface area contributed by atoms with Crippen molar-refractivity contribution < 1.29 is 32.2 Å². The maximum absolute atomic E-state index is 13.1. The number of halogens is 3. The maximum Gasteiger partial charge on any atom is 0.431 e. The Balaban J connectivity index is 1.87. The number of aromatic nitrogens is 2. The van der Waals surface area contributed by atoms with Gasteiger partial charge in [0.2, 0.25) is 0 Å². The SMILES string of the molecule is COC(=O)C(C)Oc1cc(C)ccc1COc1ccc(-n2c(=O)cc(C(F)(F)F)n(C)c2=O)c(C)c1. The van der Waals surface area contributed by atoms with Gasteiger partial charge in [0.25, 0.3) is 5.56 Å². The second kappa shape index (κ2) is 10.3. The van der Waals surface area contributed by atoms with E-state index in [0.717, 1.165) is 12.6 Å². The van der Waals surface area contributed by atoms with Gasteiger partial charge >= 0.3 is 17.8 Å². The van der Waals surface area contributed by atoms with Crippen molar-refractivity contribution in [1.29, 1.82) is 0 Å². The molecule has 0 amide bonds. The van der Waals surface area contributed by atoms with Gasteiger partial charge in [0.15, 0.2) is 6.10 Å². The lowest BCUT2D eigenvalue weighted by atomic mass is 10.1. The van der Waals surface area contributed by atoms with Gasteiger partial charge in [0, 0.05) is 18.7 Å². The molecule has 0 aliphatic carbocycles. The third kappa shape index (κ3) is 5.61. The minimum Gasteiger partial charge on any atom is -0.489 e. The number of benzene rings is 2. The quantitative estimate of drug-likeness (QED) is 0.454. The largest absolute Gasteiger partial charge is 0.489 e. The standard InChI is InChI=1S/C25H25F3N2O6/c1-14-6-7-17(20(10-14)36-16(3)23(32)34-5)13-35-18-8-9-19(15(2)11-18)30-22(31)12-21(25(26,27)28)29(4)24(30)33/h6-12,16H,13H2,1-5H3. The summed E-state index contributed by atoms with van der Waals surface area (Å²) in [6.07, 6.45) is -5.67. The number of esters is 1. The summed E-state index contributed by atoms with van der Waals surface area (Å²) in [5.41, 5.74) is -1.40. The van der Waals surface area contributed by atoms with E-state index in [4.69, 9.17) is 14.2 Å². The highest BCUT2D eigenvalue weighted by atomic mass is 19.4. The number of aryl methyl sites for hydroxylation is 2. The number of methoxy groups -OCH3 is 1. The molecule has 0 aliphatic rings. The van der Waals surface area contributed by atoms with Crippen molar-refractivity contribution >= 4 is 5.97 Å². The van der Waals surface area contributed by atoms with Crippen LogP contribution in [0, 0.1) is 13.8 Å². The van der Waals surface area contributed by atoms with Gasteiger partial charge in [-0.1, -0.05) is 12.1 Å². The zero-order valence-corrected chi connectivity index (χ0v) is 20.3. The molecule has 8 nitrogen and oxygen atoms in total. The molecular weight excluding hydrogens is 481 g/mol. The molecule has 11 heteroatoms. The van der Waals surface area contributed by atoms with Crippen LogP contribution in [0.15, 0.2) is 52.1 Å². The molecule has 3 rings (SSSR count). The van der Waals surface area contributed by atoms with Gasteiger partial charge in [0.1, 0.15) is 23.8 Å². The zero-order chi connectivity index (χ0) is 26.8. The number of hydrogen-bond donors (Lipinski definition) is 0. The summed E-state index contributed by atoms with van der Waals surface area (Å²) in [6, 6.07) is 10.3. The molecule has 0 radical (unpaired) electrons. The molecule has 0 saturated carbocycles. The summed E-state index contributed by atoms with van der Waals surface area (Å²) in [7, 11) is 2.22. The predicted molar refractivity (Wildman–Crippen MR) is 125 cm³/mol. The van der Waals surface area contributed by atoms with Crippen LogP contribution in [0.1, 0.15) is 29.3 Å². The van der Waals surface area contributed by atoms with Crippen molar-refractivity contribution in [1.82, 2.24) is 9.13 Å². The van der Waals surface area contributed by atoms with Gasteiger partial charge < -0.3 is 14.2 Å². The van der Waals surface area contributed by atoms with Crippen molar-refractivity contribution in [2.75, 3.05) is 7.11 Å². The van der Waals surface area contributed by atoms with Crippen LogP contribution in [0.25, 0.3) is 5.69 Å². The van der Waals surface area contributed by atoms with E-state index in [9.17, 15) is 27.6 Å². The molecule has 1 unspecified atom stereocenters. The lowest BCUT2D eigenvalue weighted by Crippen LogP contribution is -2.40. The van der Waals surface area contributed by atoms with Crippen LogP contribution in [-0.2, 0) is 29.4 Å². The van der Waals surface area contributed by atoms with Gasteiger partial charge in [-0.05, 0) is 56.2 Å². The number of hydrogen-bond acceptors (Lipinski definition) is 6. The Morgan fingerprint density at radius 3 is 2.36 bits per heavy atom. The van der Waals surface area contributed by atoms with E-state index < -0.39 is 35.2 Å². The fourth-order valence-corrected chi connectivity index (χ4v) is 3.54. The first-order valence-corrected chi connectivity index (χ1v) is 10.8. The highest BCUT2D eigenvalue weighted by molar-refractivity contribution is 5.74. The Kier molecular flexibility index (Phi) is 7.61. The summed E-state index contributed by atoms with van der Waals surface area (Å²) >= 11 is 0. The molecule has 0 spiro atoms. The van der Waals surface area contributed by atoms with E-state index in [2.05, 4.69) is 0 Å². The maximum atomic E-state index is 13.1. The number of nitrogens with zero attached hydrogens (tertiary/aromatic N) is 2. The summed E-state index contributed by atoms with van der Waals surface area (Å²) in [6.45, 7) is 5.11. The molecule has 0 saturated heterocycles. The molecule has 1 aromatic heterocycles. The average molecular weight is 506 g/mol. The monoisotopic (exact) mass is 506 g/mol. The van der Waals surface area contributed by atoms with Gasteiger partial charge in [-0.15, -0.1) is 0 Å². The molecule has 192 valence electrons. The van der Waals surface area contributed by atoms with Crippen molar-refractivity contribution in [3.63, 3.8) is 0 Å². The number of rotatable bonds is 7. The fraction of sp³-hybridized carbons (Fsp3) is 0.320. The molecule has 1 heterocycles. The minimum atomic E-state index is -4.84. The van der Waals surface area contributed by atoms with E-state index in [-0.39, 0.29) is 12.3 Å². The molecule has 1 atom stereocenters. The number of carbonyl (C=O) groups is 1. The summed E-state index contributed by atoms with van der Waals surface area (Å²) in [4.78, 5) is 36.7. The first kappa shape index (κ1) is 26.6. The smallest absolute Gasteiger partial charge is 0.431 e. The minimum absolute atomic E-state index is 0.0737. The van der Waals surface area contributed by atoms with Gasteiger partial charge in [-0.2, -0.15) is 13.2 Å². The van der Waals surface area contributed by atoms with Crippen LogP contribution < -0.4 is 20.7 Å². The van der Waals surface area contributed by atoms with Crippen molar-refractivity contribution in [3.8, 4) is 17.2 Å². The van der Waals surface area contributed by atoms with Crippen LogP contribution in [0.5, 0.6) is 11.5 Å². The van der Waals surface area contributed by atoms with Crippen LogP contribution in [0.4, 0.5) is 13.2 Å². The predicted octanol–water partition coefficient (Wildman–Crippen LogP) is 3.69. The van der Waals surface area contributed by atoms with Gasteiger partial charge in [-0.25, -0.2) is 14.2 Å². The lowest BCUT2D eigenvalue weighted by molar-refractivity contribution is -0.148. The Morgan fingerprint density at radius 2 is 1.75 bits per heavy atom. The van der Waals surface area contributed by atoms with E-state index in [0.29, 0.717) is 37.8 Å². The Labute approximate surface area is 204 Å². The topological polar surface area (TPSA) is 88.8 Å². The second-order valence-corrected chi connectivity index (χ2v) is 8.17. The van der Waals surface area contributed by atoms with E-state index >= 15 is 0 Å². The molecule has 0 aliphatic heterocycles. The summed E-state index contributed by atoms with van der Waals surface area (Å²) < 4.78 is 56.7. The molecule has 0 N–H and O–H groups in total. The van der Waals surface area contributed by atoms with Crippen LogP contribution in [0.2, 0.25) is 0 Å². The highest BCUT2D eigenvalue weighted by Gasteiger charge is 2.35. The summed E-state index contributed by atoms with van der Waals surface area (Å²) in [5.74, 6) is 0.306. The van der Waals surface area contributed by atoms with Gasteiger partial charge in [0.05, 0.1) is 12.8 Å². The Hall–Kier alpha value is -4.02. The molecule has 36 heavy (non-hydrogen) atoms. The highest BCUT2D eigenvalue weighted by Crippen LogP contribution is 2.28.